The Morgan fingerprint density at radius 3 is 2.48 bits per heavy atom. The van der Waals surface area contributed by atoms with Gasteiger partial charge in [-0.15, -0.1) is 0 Å². The number of benzene rings is 1. The van der Waals surface area contributed by atoms with Crippen molar-refractivity contribution in [2.24, 2.45) is 4.99 Å². The van der Waals surface area contributed by atoms with Gasteiger partial charge in [0, 0.05) is 6.20 Å². The molecule has 0 bridgehead atoms. The second-order valence-electron chi connectivity index (χ2n) is 4.23. The molecular weight excluding hydrogens is 301 g/mol. The fourth-order valence-corrected chi connectivity index (χ4v) is 1.90. The van der Waals surface area contributed by atoms with Gasteiger partial charge in [-0.2, -0.15) is 18.2 Å². The largest absolute Gasteiger partial charge is 0.417 e. The van der Waals surface area contributed by atoms with Gasteiger partial charge in [0.05, 0.1) is 17.3 Å². The van der Waals surface area contributed by atoms with E-state index in [0.29, 0.717) is 11.6 Å². The molecular formula is C14H9F3N2OS. The maximum Gasteiger partial charge on any atom is 0.417 e. The molecule has 0 aliphatic carbocycles. The molecule has 0 aliphatic rings. The first kappa shape index (κ1) is 15.2. The van der Waals surface area contributed by atoms with Crippen molar-refractivity contribution in [3.05, 3.63) is 64.1 Å². The first-order valence-electron chi connectivity index (χ1n) is 5.85. The normalized spacial score (nSPS) is 11.0. The zero-order chi connectivity index (χ0) is 15.5. The molecule has 1 aromatic heterocycles. The van der Waals surface area contributed by atoms with Crippen LogP contribution in [0.1, 0.15) is 11.1 Å². The van der Waals surface area contributed by atoms with E-state index in [2.05, 4.69) is 17.2 Å². The van der Waals surface area contributed by atoms with Gasteiger partial charge >= 0.3 is 6.18 Å². The number of alkyl halides is 3. The first-order valence-corrected chi connectivity index (χ1v) is 6.26. The number of halogens is 3. The number of aromatic nitrogens is 1. The van der Waals surface area contributed by atoms with E-state index in [1.165, 1.54) is 0 Å². The third kappa shape index (κ3) is 3.65. The van der Waals surface area contributed by atoms with Gasteiger partial charge in [-0.05, 0) is 23.8 Å². The topological polar surface area (TPSA) is 34.4 Å². The van der Waals surface area contributed by atoms with Gasteiger partial charge in [0.15, 0.2) is 0 Å². The Labute approximate surface area is 123 Å². The molecule has 0 atom stereocenters. The van der Waals surface area contributed by atoms with Crippen molar-refractivity contribution >= 4 is 23.1 Å². The number of aliphatic imine (C=N–C) groups is 1. The molecule has 0 aliphatic heterocycles. The Kier molecular flexibility index (Phi) is 4.35. The zero-order valence-corrected chi connectivity index (χ0v) is 11.4. The lowest BCUT2D eigenvalue weighted by Crippen LogP contribution is -2.22. The number of hydrogen-bond donors (Lipinski definition) is 0. The Hall–Kier alpha value is -2.24. The van der Waals surface area contributed by atoms with Gasteiger partial charge < -0.3 is 4.57 Å². The summed E-state index contributed by atoms with van der Waals surface area (Å²) >= 11 is 4.36. The number of thiocarbonyl (C=S) groups is 1. The van der Waals surface area contributed by atoms with E-state index in [-0.39, 0.29) is 12.2 Å². The zero-order valence-electron chi connectivity index (χ0n) is 10.6. The van der Waals surface area contributed by atoms with Crippen LogP contribution in [0, 0.1) is 0 Å². The summed E-state index contributed by atoms with van der Waals surface area (Å²) in [6, 6.07) is 9.36. The summed E-state index contributed by atoms with van der Waals surface area (Å²) in [5, 5.41) is 1.92. The third-order valence-electron chi connectivity index (χ3n) is 2.76. The summed E-state index contributed by atoms with van der Waals surface area (Å²) in [4.78, 5) is 15.5. The maximum absolute atomic E-state index is 12.9. The van der Waals surface area contributed by atoms with Crippen LogP contribution in [0.15, 0.2) is 52.4 Å². The first-order chi connectivity index (χ1) is 9.91. The highest BCUT2D eigenvalue weighted by atomic mass is 32.1. The van der Waals surface area contributed by atoms with Gasteiger partial charge in [0.25, 0.3) is 5.56 Å². The summed E-state index contributed by atoms with van der Waals surface area (Å²) in [7, 11) is 0. The maximum atomic E-state index is 12.9. The van der Waals surface area contributed by atoms with Crippen LogP contribution in [0.3, 0.4) is 0 Å². The molecule has 21 heavy (non-hydrogen) atoms. The van der Waals surface area contributed by atoms with Gasteiger partial charge in [-0.3, -0.25) is 4.79 Å². The van der Waals surface area contributed by atoms with Crippen molar-refractivity contribution in [3.63, 3.8) is 0 Å². The summed E-state index contributed by atoms with van der Waals surface area (Å²) in [5.74, 6) is 0. The number of pyridine rings is 1. The molecule has 0 saturated carbocycles. The molecule has 0 saturated heterocycles. The SMILES string of the molecule is O=c1c(N=C=S)cc(C(F)(F)F)cn1Cc1ccccc1. The highest BCUT2D eigenvalue weighted by molar-refractivity contribution is 7.78. The molecule has 2 rings (SSSR count). The quantitative estimate of drug-likeness (QED) is 0.640. The van der Waals surface area contributed by atoms with Crippen LogP contribution in [0.25, 0.3) is 0 Å². The fraction of sp³-hybridized carbons (Fsp3) is 0.143. The summed E-state index contributed by atoms with van der Waals surface area (Å²) in [5.41, 5.74) is -1.28. The van der Waals surface area contributed by atoms with Crippen molar-refractivity contribution in [2.75, 3.05) is 0 Å². The second kappa shape index (κ2) is 6.03. The molecule has 0 N–H and O–H groups in total. The minimum Gasteiger partial charge on any atom is -0.309 e. The van der Waals surface area contributed by atoms with E-state index >= 15 is 0 Å². The molecule has 108 valence electrons. The van der Waals surface area contributed by atoms with E-state index < -0.39 is 17.3 Å². The lowest BCUT2D eigenvalue weighted by Gasteiger charge is -2.12. The van der Waals surface area contributed by atoms with E-state index in [1.54, 1.807) is 30.3 Å². The molecule has 0 unspecified atom stereocenters. The average Bonchev–Trinajstić information content (AvgIpc) is 2.43. The molecule has 1 heterocycles. The summed E-state index contributed by atoms with van der Waals surface area (Å²) in [6.07, 6.45) is -3.80. The van der Waals surface area contributed by atoms with Crippen LogP contribution in [0.4, 0.5) is 18.9 Å². The Morgan fingerprint density at radius 1 is 1.24 bits per heavy atom. The van der Waals surface area contributed by atoms with Crippen LogP contribution in [0.5, 0.6) is 0 Å². The number of nitrogens with zero attached hydrogens (tertiary/aromatic N) is 2. The molecule has 0 amide bonds. The van der Waals surface area contributed by atoms with E-state index in [0.717, 1.165) is 10.8 Å². The highest BCUT2D eigenvalue weighted by Crippen LogP contribution is 2.30. The van der Waals surface area contributed by atoms with Crippen molar-refractivity contribution in [2.45, 2.75) is 12.7 Å². The van der Waals surface area contributed by atoms with Crippen LogP contribution in [-0.4, -0.2) is 9.73 Å². The van der Waals surface area contributed by atoms with Crippen LogP contribution >= 0.6 is 12.2 Å². The number of hydrogen-bond acceptors (Lipinski definition) is 3. The molecule has 7 heteroatoms. The van der Waals surface area contributed by atoms with Crippen molar-refractivity contribution in [1.29, 1.82) is 0 Å². The predicted molar refractivity (Wildman–Crippen MR) is 75.9 cm³/mol. The van der Waals surface area contributed by atoms with Gasteiger partial charge in [0.1, 0.15) is 5.69 Å². The van der Waals surface area contributed by atoms with Crippen molar-refractivity contribution in [1.82, 2.24) is 4.57 Å². The summed E-state index contributed by atoms with van der Waals surface area (Å²) < 4.78 is 39.5. The Morgan fingerprint density at radius 2 is 1.90 bits per heavy atom. The lowest BCUT2D eigenvalue weighted by atomic mass is 10.2. The summed E-state index contributed by atoms with van der Waals surface area (Å²) in [6.45, 7) is 0.0174. The Balaban J connectivity index is 2.56. The second-order valence-corrected chi connectivity index (χ2v) is 4.42. The van der Waals surface area contributed by atoms with Crippen LogP contribution < -0.4 is 5.56 Å². The molecule has 3 nitrogen and oxygen atoms in total. The van der Waals surface area contributed by atoms with Gasteiger partial charge in [-0.25, -0.2) is 0 Å². The molecule has 1 aromatic carbocycles. The van der Waals surface area contributed by atoms with E-state index in [1.807, 2.05) is 5.16 Å². The van der Waals surface area contributed by atoms with Crippen molar-refractivity contribution < 1.29 is 13.2 Å². The molecule has 0 spiro atoms. The fourth-order valence-electron chi connectivity index (χ4n) is 1.80. The smallest absolute Gasteiger partial charge is 0.309 e. The van der Waals surface area contributed by atoms with Crippen molar-refractivity contribution in [3.8, 4) is 0 Å². The van der Waals surface area contributed by atoms with Crippen LogP contribution in [0.2, 0.25) is 0 Å². The minimum atomic E-state index is -4.57. The van der Waals surface area contributed by atoms with Gasteiger partial charge in [0.2, 0.25) is 0 Å². The molecule has 0 fully saturated rings. The van der Waals surface area contributed by atoms with E-state index in [4.69, 9.17) is 0 Å². The number of isothiocyanates is 1. The monoisotopic (exact) mass is 310 g/mol. The highest BCUT2D eigenvalue weighted by Gasteiger charge is 2.32. The third-order valence-corrected chi connectivity index (χ3v) is 2.85. The van der Waals surface area contributed by atoms with Crippen LogP contribution in [-0.2, 0) is 12.7 Å². The lowest BCUT2D eigenvalue weighted by molar-refractivity contribution is -0.138. The Bertz CT molecular complexity index is 747. The van der Waals surface area contributed by atoms with E-state index in [9.17, 15) is 18.0 Å². The predicted octanol–water partition coefficient (Wildman–Crippen LogP) is 3.65. The average molecular weight is 310 g/mol. The minimum absolute atomic E-state index is 0.0174. The standard InChI is InChI=1S/C14H9F3N2OS/c15-14(16,17)11-6-12(18-9-21)13(20)19(8-11)7-10-4-2-1-3-5-10/h1-6,8H,7H2. The number of rotatable bonds is 3. The molecule has 2 aromatic rings. The molecule has 0 radical (unpaired) electrons. The van der Waals surface area contributed by atoms with Gasteiger partial charge in [-0.1, -0.05) is 30.3 Å².